The molecule has 2 rings (SSSR count). The Bertz CT molecular complexity index is 411. The van der Waals surface area contributed by atoms with Gasteiger partial charge in [-0.1, -0.05) is 18.2 Å². The molecule has 0 spiro atoms. The summed E-state index contributed by atoms with van der Waals surface area (Å²) in [6, 6.07) is 10.3. The maximum atomic E-state index is 4.36. The van der Waals surface area contributed by atoms with Crippen LogP contribution in [0.2, 0.25) is 0 Å². The van der Waals surface area contributed by atoms with Gasteiger partial charge < -0.3 is 0 Å². The van der Waals surface area contributed by atoms with Crippen molar-refractivity contribution in [2.24, 2.45) is 0 Å². The molecule has 0 aliphatic heterocycles. The molecule has 0 saturated carbocycles. The highest BCUT2D eigenvalue weighted by atomic mass is 32.2. The third-order valence-electron chi connectivity index (χ3n) is 1.82. The molecule has 2 aromatic rings. The Morgan fingerprint density at radius 3 is 2.92 bits per heavy atom. The number of aromatic nitrogens is 1. The number of para-hydroxylation sites is 1. The summed E-state index contributed by atoms with van der Waals surface area (Å²) in [5.74, 6) is 0. The van der Waals surface area contributed by atoms with Crippen LogP contribution < -0.4 is 0 Å². The summed E-state index contributed by atoms with van der Waals surface area (Å²) in [5.41, 5.74) is 1.09. The van der Waals surface area contributed by atoms with Crippen LogP contribution in [0.25, 0.3) is 10.9 Å². The largest absolute Gasteiger partial charge is 0.255 e. The maximum absolute atomic E-state index is 4.36. The third-order valence-corrected chi connectivity index (χ3v) is 3.04. The number of hydrogen-bond acceptors (Lipinski definition) is 2. The minimum atomic E-state index is 0.898. The maximum Gasteiger partial charge on any atom is 0.0837 e. The molecule has 1 aromatic heterocycles. The van der Waals surface area contributed by atoms with E-state index in [1.807, 2.05) is 12.3 Å². The molecular weight excluding hydrogens is 194 g/mol. The fourth-order valence-corrected chi connectivity index (χ4v) is 2.37. The highest BCUT2D eigenvalue weighted by Crippen LogP contribution is 2.24. The van der Waals surface area contributed by atoms with Gasteiger partial charge >= 0.3 is 0 Å². The van der Waals surface area contributed by atoms with Gasteiger partial charge in [-0.25, -0.2) is 0 Å². The van der Waals surface area contributed by atoms with Crippen LogP contribution in [-0.4, -0.2) is 20.6 Å². The number of fused-ring (bicyclic) bond motifs is 1. The zero-order valence-corrected chi connectivity index (χ0v) is 8.84. The molecule has 0 unspecified atom stereocenters. The van der Waals surface area contributed by atoms with E-state index in [9.17, 15) is 0 Å². The fourth-order valence-electron chi connectivity index (χ4n) is 1.27. The van der Waals surface area contributed by atoms with Gasteiger partial charge in [-0.05, 0) is 17.5 Å². The van der Waals surface area contributed by atoms with Crippen molar-refractivity contribution in [2.45, 2.75) is 4.90 Å². The van der Waals surface area contributed by atoms with Gasteiger partial charge in [0.2, 0.25) is 0 Å². The second-order valence-electron chi connectivity index (χ2n) is 2.62. The van der Waals surface area contributed by atoms with Gasteiger partial charge in [-0.2, -0.15) is 0 Å². The number of hydrogen-bond donors (Lipinski definition) is 0. The van der Waals surface area contributed by atoms with Gasteiger partial charge in [0.15, 0.2) is 0 Å². The Morgan fingerprint density at radius 2 is 2.08 bits per heavy atom. The number of pyridine rings is 1. The quantitative estimate of drug-likeness (QED) is 0.548. The minimum absolute atomic E-state index is 0.898. The lowest BCUT2D eigenvalue weighted by atomic mass is 10.2. The molecule has 1 heterocycles. The van der Waals surface area contributed by atoms with Crippen LogP contribution in [0.1, 0.15) is 0 Å². The van der Waals surface area contributed by atoms with Crippen LogP contribution in [-0.2, 0) is 0 Å². The van der Waals surface area contributed by atoms with Crippen molar-refractivity contribution in [1.29, 1.82) is 0 Å². The van der Waals surface area contributed by atoms with Crippen molar-refractivity contribution in [2.75, 3.05) is 5.38 Å². The van der Waals surface area contributed by atoms with Crippen LogP contribution in [0.3, 0.4) is 0 Å². The number of benzene rings is 1. The van der Waals surface area contributed by atoms with Crippen molar-refractivity contribution >= 4 is 32.9 Å². The van der Waals surface area contributed by atoms with Crippen LogP contribution >= 0.6 is 11.8 Å². The Balaban J connectivity index is 2.61. The molecular formula is C10H8NSSi. The first-order chi connectivity index (χ1) is 6.42. The lowest BCUT2D eigenvalue weighted by Gasteiger charge is -2.02. The predicted molar refractivity (Wildman–Crippen MR) is 58.2 cm³/mol. The van der Waals surface area contributed by atoms with E-state index < -0.39 is 0 Å². The summed E-state index contributed by atoms with van der Waals surface area (Å²) in [4.78, 5) is 5.59. The summed E-state index contributed by atoms with van der Waals surface area (Å²) >= 11 is 1.76. The Kier molecular flexibility index (Phi) is 2.66. The average Bonchev–Trinajstić information content (AvgIpc) is 2.19. The average molecular weight is 202 g/mol. The van der Waals surface area contributed by atoms with Crippen LogP contribution in [0.5, 0.6) is 0 Å². The minimum Gasteiger partial charge on any atom is -0.255 e. The zero-order chi connectivity index (χ0) is 9.10. The van der Waals surface area contributed by atoms with E-state index in [0.29, 0.717) is 0 Å². The van der Waals surface area contributed by atoms with E-state index in [-0.39, 0.29) is 0 Å². The fraction of sp³-hybridized carbons (Fsp3) is 0.100. The molecule has 0 bridgehead atoms. The second kappa shape index (κ2) is 3.94. The summed E-state index contributed by atoms with van der Waals surface area (Å²) in [6.07, 6.45) is 1.83. The van der Waals surface area contributed by atoms with E-state index >= 15 is 0 Å². The predicted octanol–water partition coefficient (Wildman–Crippen LogP) is 2.45. The first kappa shape index (κ1) is 8.78. The Morgan fingerprint density at radius 1 is 1.23 bits per heavy atom. The molecule has 3 heteroatoms. The standard InChI is InChI=1S/C10H8NSSi/c13-7-12-9-5-1-3-8-4-2-6-11-10(8)9/h1-6H,7H2. The van der Waals surface area contributed by atoms with Gasteiger partial charge in [0, 0.05) is 26.7 Å². The number of nitrogens with zero attached hydrogens (tertiary/aromatic N) is 1. The third kappa shape index (κ3) is 1.76. The van der Waals surface area contributed by atoms with Crippen LogP contribution in [0.15, 0.2) is 41.4 Å². The topological polar surface area (TPSA) is 12.9 Å². The summed E-state index contributed by atoms with van der Waals surface area (Å²) in [7, 11) is 3.45. The Labute approximate surface area is 85.0 Å². The molecule has 63 valence electrons. The lowest BCUT2D eigenvalue weighted by Crippen LogP contribution is -1.82. The molecule has 0 N–H and O–H groups in total. The first-order valence-corrected chi connectivity index (χ1v) is 5.72. The van der Waals surface area contributed by atoms with Gasteiger partial charge in [-0.3, -0.25) is 4.98 Å². The molecule has 0 aliphatic carbocycles. The van der Waals surface area contributed by atoms with E-state index in [0.717, 1.165) is 10.9 Å². The van der Waals surface area contributed by atoms with Gasteiger partial charge in [0.05, 0.1) is 5.52 Å². The van der Waals surface area contributed by atoms with Crippen molar-refractivity contribution in [3.63, 3.8) is 0 Å². The van der Waals surface area contributed by atoms with E-state index in [1.54, 1.807) is 11.8 Å². The molecule has 13 heavy (non-hydrogen) atoms. The Hall–Kier alpha value is -0.803. The molecule has 0 amide bonds. The van der Waals surface area contributed by atoms with Crippen molar-refractivity contribution in [3.05, 3.63) is 36.5 Å². The van der Waals surface area contributed by atoms with Crippen molar-refractivity contribution in [1.82, 2.24) is 4.98 Å². The van der Waals surface area contributed by atoms with Gasteiger partial charge in [0.25, 0.3) is 0 Å². The normalized spacial score (nSPS) is 10.5. The second-order valence-corrected chi connectivity index (χ2v) is 4.50. The zero-order valence-electron chi connectivity index (χ0n) is 7.03. The first-order valence-electron chi connectivity index (χ1n) is 4.03. The summed E-state index contributed by atoms with van der Waals surface area (Å²) in [6.45, 7) is 0. The van der Waals surface area contributed by atoms with E-state index in [2.05, 4.69) is 39.5 Å². The summed E-state index contributed by atoms with van der Waals surface area (Å²) < 4.78 is 0. The smallest absolute Gasteiger partial charge is 0.0837 e. The molecule has 0 aliphatic rings. The molecule has 1 aromatic carbocycles. The lowest BCUT2D eigenvalue weighted by molar-refractivity contribution is 1.35. The van der Waals surface area contributed by atoms with Gasteiger partial charge in [0.1, 0.15) is 0 Å². The number of thioether (sulfide) groups is 1. The molecule has 0 saturated heterocycles. The monoisotopic (exact) mass is 202 g/mol. The van der Waals surface area contributed by atoms with E-state index in [4.69, 9.17) is 0 Å². The molecule has 0 fully saturated rings. The SMILES string of the molecule is [Si]CSc1cccc2cccnc12. The highest BCUT2D eigenvalue weighted by molar-refractivity contribution is 8.00. The van der Waals surface area contributed by atoms with Crippen molar-refractivity contribution < 1.29 is 0 Å². The highest BCUT2D eigenvalue weighted by Gasteiger charge is 1.99. The molecule has 1 nitrogen and oxygen atoms in total. The molecule has 0 atom stereocenters. The summed E-state index contributed by atoms with van der Waals surface area (Å²) in [5, 5.41) is 2.10. The van der Waals surface area contributed by atoms with E-state index in [1.165, 1.54) is 10.3 Å². The number of rotatable bonds is 2. The molecule has 3 radical (unpaired) electrons. The van der Waals surface area contributed by atoms with Crippen LogP contribution in [0, 0.1) is 0 Å². The van der Waals surface area contributed by atoms with Crippen LogP contribution in [0.4, 0.5) is 0 Å². The van der Waals surface area contributed by atoms with Crippen molar-refractivity contribution in [3.8, 4) is 0 Å². The van der Waals surface area contributed by atoms with Gasteiger partial charge in [-0.15, -0.1) is 11.8 Å².